The number of rotatable bonds is 8. The van der Waals surface area contributed by atoms with Crippen LogP contribution in [0.2, 0.25) is 0 Å². The van der Waals surface area contributed by atoms with Crippen molar-refractivity contribution in [1.82, 2.24) is 4.90 Å². The number of unbranched alkanes of at least 4 members (excludes halogenated alkanes) is 1. The van der Waals surface area contributed by atoms with Crippen LogP contribution in [0, 0.1) is 23.2 Å². The van der Waals surface area contributed by atoms with Crippen molar-refractivity contribution in [1.29, 1.82) is 0 Å². The first kappa shape index (κ1) is 21.5. The van der Waals surface area contributed by atoms with E-state index in [1.807, 2.05) is 0 Å². The molecule has 0 aromatic heterocycles. The Hall–Kier alpha value is -1.82. The van der Waals surface area contributed by atoms with Gasteiger partial charge in [0.2, 0.25) is 0 Å². The maximum Gasteiger partial charge on any atom is 0.0245 e. The van der Waals surface area contributed by atoms with E-state index in [2.05, 4.69) is 80.5 Å². The number of benzene rings is 1. The molecule has 0 amide bonds. The summed E-state index contributed by atoms with van der Waals surface area (Å²) in [6.07, 6.45) is 8.68. The second kappa shape index (κ2) is 10.5. The van der Waals surface area contributed by atoms with Crippen LogP contribution >= 0.6 is 0 Å². The summed E-state index contributed by atoms with van der Waals surface area (Å²) in [5, 5.41) is 0. The van der Waals surface area contributed by atoms with Crippen LogP contribution in [0.25, 0.3) is 5.57 Å². The van der Waals surface area contributed by atoms with Crippen LogP contribution in [0.15, 0.2) is 43.0 Å². The molecule has 0 aliphatic carbocycles. The lowest BCUT2D eigenvalue weighted by molar-refractivity contribution is 0.210. The molecule has 0 saturated heterocycles. The van der Waals surface area contributed by atoms with Crippen LogP contribution in [0.5, 0.6) is 0 Å². The van der Waals surface area contributed by atoms with E-state index in [4.69, 9.17) is 5.73 Å². The van der Waals surface area contributed by atoms with Gasteiger partial charge in [0.25, 0.3) is 0 Å². The summed E-state index contributed by atoms with van der Waals surface area (Å²) in [6.45, 7) is 15.0. The second-order valence-corrected chi connectivity index (χ2v) is 8.17. The van der Waals surface area contributed by atoms with Gasteiger partial charge in [0.1, 0.15) is 0 Å². The van der Waals surface area contributed by atoms with Crippen molar-refractivity contribution >= 4 is 5.57 Å². The van der Waals surface area contributed by atoms with Gasteiger partial charge in [-0.3, -0.25) is 4.90 Å². The van der Waals surface area contributed by atoms with E-state index in [1.165, 1.54) is 17.6 Å². The molecule has 2 heteroatoms. The molecule has 146 valence electrons. The van der Waals surface area contributed by atoms with Gasteiger partial charge in [-0.1, -0.05) is 56.9 Å². The Kier molecular flexibility index (Phi) is 8.35. The van der Waals surface area contributed by atoms with Gasteiger partial charge in [-0.2, -0.15) is 0 Å². The zero-order valence-electron chi connectivity index (χ0n) is 17.4. The predicted octanol–water partition coefficient (Wildman–Crippen LogP) is 5.10. The summed E-state index contributed by atoms with van der Waals surface area (Å²) in [6, 6.07) is 8.69. The zero-order valence-corrected chi connectivity index (χ0v) is 17.4. The Morgan fingerprint density at radius 3 is 2.59 bits per heavy atom. The molecule has 2 rings (SSSR count). The third-order valence-electron chi connectivity index (χ3n) is 6.04. The van der Waals surface area contributed by atoms with Gasteiger partial charge in [-0.05, 0) is 67.0 Å². The van der Waals surface area contributed by atoms with Crippen LogP contribution in [0.1, 0.15) is 57.6 Å². The summed E-state index contributed by atoms with van der Waals surface area (Å²) >= 11 is 0. The van der Waals surface area contributed by atoms with Crippen molar-refractivity contribution in [3.05, 3.63) is 54.1 Å². The first-order valence-corrected chi connectivity index (χ1v) is 10.3. The van der Waals surface area contributed by atoms with Crippen LogP contribution in [-0.2, 0) is 0 Å². The average Bonchev–Trinajstić information content (AvgIpc) is 2.70. The largest absolute Gasteiger partial charge is 0.330 e. The molecule has 27 heavy (non-hydrogen) atoms. The molecule has 0 saturated carbocycles. The van der Waals surface area contributed by atoms with E-state index >= 15 is 0 Å². The van der Waals surface area contributed by atoms with Gasteiger partial charge in [0, 0.05) is 25.1 Å². The molecule has 2 nitrogen and oxygen atoms in total. The molecule has 0 fully saturated rings. The smallest absolute Gasteiger partial charge is 0.0245 e. The Morgan fingerprint density at radius 2 is 2.04 bits per heavy atom. The van der Waals surface area contributed by atoms with E-state index in [0.717, 1.165) is 44.5 Å². The van der Waals surface area contributed by atoms with Crippen molar-refractivity contribution < 1.29 is 0 Å². The predicted molar refractivity (Wildman–Crippen MR) is 118 cm³/mol. The molecule has 0 spiro atoms. The summed E-state index contributed by atoms with van der Waals surface area (Å²) in [7, 11) is 0. The monoisotopic (exact) mass is 364 g/mol. The van der Waals surface area contributed by atoms with Crippen LogP contribution < -0.4 is 5.73 Å². The van der Waals surface area contributed by atoms with Crippen molar-refractivity contribution in [2.24, 2.45) is 17.1 Å². The molecule has 1 heterocycles. The van der Waals surface area contributed by atoms with E-state index in [1.54, 1.807) is 0 Å². The van der Waals surface area contributed by atoms with Crippen LogP contribution in [-0.4, -0.2) is 31.1 Å². The van der Waals surface area contributed by atoms with Crippen molar-refractivity contribution in [3.63, 3.8) is 0 Å². The lowest BCUT2D eigenvalue weighted by Gasteiger charge is -2.34. The molecule has 1 aliphatic heterocycles. The quantitative estimate of drug-likeness (QED) is 0.395. The van der Waals surface area contributed by atoms with E-state index in [-0.39, 0.29) is 5.41 Å². The highest BCUT2D eigenvalue weighted by molar-refractivity contribution is 5.67. The molecular weight excluding hydrogens is 328 g/mol. The number of allylic oxidation sites excluding steroid dienone is 1. The highest BCUT2D eigenvalue weighted by atomic mass is 15.1. The first-order chi connectivity index (χ1) is 13.0. The van der Waals surface area contributed by atoms with Gasteiger partial charge in [0.05, 0.1) is 0 Å². The fourth-order valence-electron chi connectivity index (χ4n) is 3.32. The molecule has 0 radical (unpaired) electrons. The van der Waals surface area contributed by atoms with E-state index in [0.29, 0.717) is 12.5 Å². The SMILES string of the molecule is C=CC(C)(CCN1CC=C(c2ccc(C#CCCCN)cc2)CC1)C(C)C. The Morgan fingerprint density at radius 1 is 1.30 bits per heavy atom. The highest BCUT2D eigenvalue weighted by Crippen LogP contribution is 2.33. The third-order valence-corrected chi connectivity index (χ3v) is 6.04. The number of nitrogens with zero attached hydrogens (tertiary/aromatic N) is 1. The molecule has 1 aromatic carbocycles. The molecule has 0 bridgehead atoms. The minimum atomic E-state index is 0.227. The van der Waals surface area contributed by atoms with Gasteiger partial charge < -0.3 is 5.73 Å². The molecular formula is C25H36N2. The maximum absolute atomic E-state index is 5.50. The van der Waals surface area contributed by atoms with Crippen LogP contribution in [0.3, 0.4) is 0 Å². The maximum atomic E-state index is 5.50. The number of nitrogens with two attached hydrogens (primary N) is 1. The highest BCUT2D eigenvalue weighted by Gasteiger charge is 2.25. The standard InChI is InChI=1S/C25H36N2/c1-5-25(4,21(2)3)16-20-27-18-14-24(15-19-27)23-12-10-22(11-13-23)9-7-6-8-17-26/h5,10-14,21H,1,6,8,15-20,26H2,2-4H3. The first-order valence-electron chi connectivity index (χ1n) is 10.3. The Balaban J connectivity index is 1.89. The third kappa shape index (κ3) is 6.38. The molecule has 1 atom stereocenters. The lowest BCUT2D eigenvalue weighted by atomic mass is 9.76. The van der Waals surface area contributed by atoms with E-state index in [9.17, 15) is 0 Å². The van der Waals surface area contributed by atoms with Gasteiger partial charge in [-0.25, -0.2) is 0 Å². The summed E-state index contributed by atoms with van der Waals surface area (Å²) in [5.74, 6) is 7.04. The topological polar surface area (TPSA) is 29.3 Å². The fraction of sp³-hybridized carbons (Fsp3) is 0.520. The Labute approximate surface area is 166 Å². The average molecular weight is 365 g/mol. The summed E-state index contributed by atoms with van der Waals surface area (Å²) in [4.78, 5) is 2.56. The lowest BCUT2D eigenvalue weighted by Crippen LogP contribution is -2.33. The number of hydrogen-bond donors (Lipinski definition) is 1. The molecule has 2 N–H and O–H groups in total. The summed E-state index contributed by atoms with van der Waals surface area (Å²) in [5.41, 5.74) is 9.61. The summed E-state index contributed by atoms with van der Waals surface area (Å²) < 4.78 is 0. The van der Waals surface area contributed by atoms with Crippen molar-refractivity contribution in [3.8, 4) is 11.8 Å². The normalized spacial score (nSPS) is 17.0. The Bertz CT molecular complexity index is 687. The van der Waals surface area contributed by atoms with Gasteiger partial charge in [0.15, 0.2) is 0 Å². The van der Waals surface area contributed by atoms with Gasteiger partial charge in [-0.15, -0.1) is 6.58 Å². The zero-order chi connectivity index (χ0) is 19.7. The van der Waals surface area contributed by atoms with Crippen molar-refractivity contribution in [2.45, 2.75) is 46.5 Å². The minimum absolute atomic E-state index is 0.227. The van der Waals surface area contributed by atoms with Crippen molar-refractivity contribution in [2.75, 3.05) is 26.2 Å². The minimum Gasteiger partial charge on any atom is -0.330 e. The molecule has 1 aliphatic rings. The van der Waals surface area contributed by atoms with Crippen LogP contribution in [0.4, 0.5) is 0 Å². The number of hydrogen-bond acceptors (Lipinski definition) is 2. The second-order valence-electron chi connectivity index (χ2n) is 8.17. The molecule has 1 unspecified atom stereocenters. The van der Waals surface area contributed by atoms with E-state index < -0.39 is 0 Å². The van der Waals surface area contributed by atoms with Gasteiger partial charge >= 0.3 is 0 Å². The fourth-order valence-corrected chi connectivity index (χ4v) is 3.32. The molecule has 1 aromatic rings.